The molecule has 38 heavy (non-hydrogen) atoms. The summed E-state index contributed by atoms with van der Waals surface area (Å²) in [5.41, 5.74) is 5.20. The fourth-order valence-electron chi connectivity index (χ4n) is 6.09. The Morgan fingerprint density at radius 2 is 1.47 bits per heavy atom. The first kappa shape index (κ1) is 24.4. The number of carbonyl (C=O) groups excluding carboxylic acids is 3. The van der Waals surface area contributed by atoms with Crippen LogP contribution < -0.4 is 10.6 Å². The second-order valence-electron chi connectivity index (χ2n) is 10.5. The molecule has 0 spiro atoms. The summed E-state index contributed by atoms with van der Waals surface area (Å²) >= 11 is 0. The molecule has 194 valence electrons. The lowest BCUT2D eigenvalue weighted by Crippen LogP contribution is -2.52. The Kier molecular flexibility index (Phi) is 6.68. The molecule has 1 unspecified atom stereocenters. The SMILES string of the molecule is O=C1CCC(N2Cc3cc(NC4CCN(C(c5ccccc5)c5ccccc5)CC4)ccc3C2=O)C(=O)N1. The fraction of sp³-hybridized carbons (Fsp3) is 0.323. The molecule has 7 nitrogen and oxygen atoms in total. The first-order chi connectivity index (χ1) is 18.6. The summed E-state index contributed by atoms with van der Waals surface area (Å²) in [4.78, 5) is 41.0. The second-order valence-corrected chi connectivity index (χ2v) is 10.5. The molecular formula is C31H32N4O3. The molecule has 2 fully saturated rings. The summed E-state index contributed by atoms with van der Waals surface area (Å²) in [6.45, 7) is 2.36. The molecule has 0 saturated carbocycles. The Morgan fingerprint density at radius 1 is 0.816 bits per heavy atom. The van der Waals surface area contributed by atoms with E-state index in [-0.39, 0.29) is 30.2 Å². The molecule has 2 saturated heterocycles. The molecule has 2 N–H and O–H groups in total. The van der Waals surface area contributed by atoms with Crippen molar-refractivity contribution in [2.24, 2.45) is 0 Å². The Balaban J connectivity index is 1.11. The Morgan fingerprint density at radius 3 is 2.11 bits per heavy atom. The van der Waals surface area contributed by atoms with Gasteiger partial charge in [-0.15, -0.1) is 0 Å². The smallest absolute Gasteiger partial charge is 0.255 e. The number of rotatable bonds is 6. The first-order valence-corrected chi connectivity index (χ1v) is 13.4. The second kappa shape index (κ2) is 10.4. The third-order valence-electron chi connectivity index (χ3n) is 8.02. The van der Waals surface area contributed by atoms with Gasteiger partial charge in [-0.1, -0.05) is 60.7 Å². The van der Waals surface area contributed by atoms with Gasteiger partial charge in [0.1, 0.15) is 6.04 Å². The number of imide groups is 1. The predicted octanol–water partition coefficient (Wildman–Crippen LogP) is 4.11. The highest BCUT2D eigenvalue weighted by molar-refractivity contribution is 6.05. The zero-order chi connectivity index (χ0) is 26.1. The molecule has 3 heterocycles. The Labute approximate surface area is 222 Å². The molecule has 0 aliphatic carbocycles. The van der Waals surface area contributed by atoms with Crippen LogP contribution in [0.5, 0.6) is 0 Å². The van der Waals surface area contributed by atoms with E-state index in [1.54, 1.807) is 4.90 Å². The molecule has 0 radical (unpaired) electrons. The third-order valence-corrected chi connectivity index (χ3v) is 8.02. The lowest BCUT2D eigenvalue weighted by molar-refractivity contribution is -0.136. The van der Waals surface area contributed by atoms with E-state index in [0.717, 1.165) is 37.2 Å². The van der Waals surface area contributed by atoms with Gasteiger partial charge in [-0.2, -0.15) is 0 Å². The van der Waals surface area contributed by atoms with Gasteiger partial charge in [-0.25, -0.2) is 0 Å². The van der Waals surface area contributed by atoms with Gasteiger partial charge in [-0.05, 0) is 54.2 Å². The van der Waals surface area contributed by atoms with E-state index >= 15 is 0 Å². The van der Waals surface area contributed by atoms with Crippen molar-refractivity contribution in [3.8, 4) is 0 Å². The minimum absolute atomic E-state index is 0.137. The minimum atomic E-state index is -0.587. The number of fused-ring (bicyclic) bond motifs is 1. The molecule has 6 rings (SSSR count). The number of nitrogens with zero attached hydrogens (tertiary/aromatic N) is 2. The van der Waals surface area contributed by atoms with Crippen molar-refractivity contribution in [2.75, 3.05) is 18.4 Å². The van der Waals surface area contributed by atoms with Gasteiger partial charge in [0, 0.05) is 43.3 Å². The largest absolute Gasteiger partial charge is 0.382 e. The molecule has 0 aromatic heterocycles. The van der Waals surface area contributed by atoms with Gasteiger partial charge in [0.2, 0.25) is 11.8 Å². The third kappa shape index (κ3) is 4.82. The molecule has 1 atom stereocenters. The van der Waals surface area contributed by atoms with Crippen LogP contribution in [0.4, 0.5) is 5.69 Å². The zero-order valence-corrected chi connectivity index (χ0v) is 21.3. The van der Waals surface area contributed by atoms with Crippen molar-refractivity contribution in [2.45, 2.75) is 50.4 Å². The van der Waals surface area contributed by atoms with Crippen molar-refractivity contribution in [1.29, 1.82) is 0 Å². The molecule has 3 amide bonds. The normalized spacial score (nSPS) is 20.5. The van der Waals surface area contributed by atoms with Gasteiger partial charge in [0.15, 0.2) is 0 Å². The summed E-state index contributed by atoms with van der Waals surface area (Å²) in [5, 5.41) is 6.06. The maximum Gasteiger partial charge on any atom is 0.255 e. The highest BCUT2D eigenvalue weighted by Crippen LogP contribution is 2.33. The van der Waals surface area contributed by atoms with Crippen LogP contribution in [0.1, 0.15) is 58.8 Å². The lowest BCUT2D eigenvalue weighted by Gasteiger charge is -2.38. The van der Waals surface area contributed by atoms with Crippen LogP contribution >= 0.6 is 0 Å². The summed E-state index contributed by atoms with van der Waals surface area (Å²) in [7, 11) is 0. The predicted molar refractivity (Wildman–Crippen MR) is 145 cm³/mol. The molecule has 3 aliphatic heterocycles. The number of amides is 3. The first-order valence-electron chi connectivity index (χ1n) is 13.4. The van der Waals surface area contributed by atoms with E-state index in [1.165, 1.54) is 11.1 Å². The number of benzene rings is 3. The Hall–Kier alpha value is -3.97. The molecule has 0 bridgehead atoms. The number of anilines is 1. The number of likely N-dealkylation sites (tertiary alicyclic amines) is 1. The molecule has 3 aliphatic rings. The molecule has 3 aromatic carbocycles. The number of hydrogen-bond acceptors (Lipinski definition) is 5. The van der Waals surface area contributed by atoms with Crippen molar-refractivity contribution >= 4 is 23.4 Å². The van der Waals surface area contributed by atoms with Gasteiger partial charge >= 0.3 is 0 Å². The van der Waals surface area contributed by atoms with Crippen LogP contribution in [-0.4, -0.2) is 52.7 Å². The quantitative estimate of drug-likeness (QED) is 0.490. The van der Waals surface area contributed by atoms with Crippen molar-refractivity contribution in [3.63, 3.8) is 0 Å². The fourth-order valence-corrected chi connectivity index (χ4v) is 6.09. The lowest BCUT2D eigenvalue weighted by atomic mass is 9.94. The van der Waals surface area contributed by atoms with E-state index in [0.29, 0.717) is 24.6 Å². The van der Waals surface area contributed by atoms with E-state index in [2.05, 4.69) is 76.2 Å². The minimum Gasteiger partial charge on any atom is -0.382 e. The van der Waals surface area contributed by atoms with Crippen LogP contribution in [0.15, 0.2) is 78.9 Å². The molecule has 3 aromatic rings. The number of piperidine rings is 2. The number of nitrogens with one attached hydrogen (secondary N) is 2. The summed E-state index contributed by atoms with van der Waals surface area (Å²) in [5.74, 6) is -0.786. The van der Waals surface area contributed by atoms with Gasteiger partial charge in [0.05, 0.1) is 6.04 Å². The van der Waals surface area contributed by atoms with Crippen LogP contribution in [0.25, 0.3) is 0 Å². The zero-order valence-electron chi connectivity index (χ0n) is 21.3. The van der Waals surface area contributed by atoms with E-state index < -0.39 is 6.04 Å². The summed E-state index contributed by atoms with van der Waals surface area (Å²) < 4.78 is 0. The number of hydrogen-bond donors (Lipinski definition) is 2. The molecular weight excluding hydrogens is 476 g/mol. The van der Waals surface area contributed by atoms with Crippen molar-refractivity contribution in [3.05, 3.63) is 101 Å². The van der Waals surface area contributed by atoms with Crippen LogP contribution in [-0.2, 0) is 16.1 Å². The monoisotopic (exact) mass is 508 g/mol. The average molecular weight is 509 g/mol. The summed E-state index contributed by atoms with van der Waals surface area (Å²) in [6.07, 6.45) is 2.68. The van der Waals surface area contributed by atoms with Gasteiger partial charge < -0.3 is 10.2 Å². The highest BCUT2D eigenvalue weighted by atomic mass is 16.2. The highest BCUT2D eigenvalue weighted by Gasteiger charge is 2.39. The van der Waals surface area contributed by atoms with Gasteiger partial charge in [0.25, 0.3) is 5.91 Å². The standard InChI is InChI=1S/C31H32N4O3/c36-28-14-13-27(30(37)33-28)35-20-23-19-25(11-12-26(23)31(35)38)32-24-15-17-34(18-16-24)29(21-7-3-1-4-8-21)22-9-5-2-6-10-22/h1-12,19,24,27,29,32H,13-18,20H2,(H,33,36,37). The average Bonchev–Trinajstić information content (AvgIpc) is 3.26. The topological polar surface area (TPSA) is 81.8 Å². The van der Waals surface area contributed by atoms with Crippen molar-refractivity contribution in [1.82, 2.24) is 15.1 Å². The molecule has 7 heteroatoms. The maximum absolute atomic E-state index is 13.0. The van der Waals surface area contributed by atoms with Crippen molar-refractivity contribution < 1.29 is 14.4 Å². The number of carbonyl (C=O) groups is 3. The van der Waals surface area contributed by atoms with Crippen LogP contribution in [0.3, 0.4) is 0 Å². The summed E-state index contributed by atoms with van der Waals surface area (Å²) in [6, 6.07) is 27.3. The van der Waals surface area contributed by atoms with Gasteiger partial charge in [-0.3, -0.25) is 24.6 Å². The van der Waals surface area contributed by atoms with E-state index in [4.69, 9.17) is 0 Å². The maximum atomic E-state index is 13.0. The van der Waals surface area contributed by atoms with Crippen LogP contribution in [0.2, 0.25) is 0 Å². The van der Waals surface area contributed by atoms with Crippen LogP contribution in [0, 0.1) is 0 Å². The van der Waals surface area contributed by atoms with E-state index in [1.807, 2.05) is 18.2 Å². The van der Waals surface area contributed by atoms with E-state index in [9.17, 15) is 14.4 Å². The Bertz CT molecular complexity index is 1300.